The molecule has 102 valence electrons. The number of rotatable bonds is 4. The smallest absolute Gasteiger partial charge is 0.141 e. The summed E-state index contributed by atoms with van der Waals surface area (Å²) in [6.07, 6.45) is 0.926. The zero-order chi connectivity index (χ0) is 13.9. The van der Waals surface area contributed by atoms with E-state index in [4.69, 9.17) is 16.5 Å². The fourth-order valence-electron chi connectivity index (χ4n) is 2.45. The van der Waals surface area contributed by atoms with Gasteiger partial charge in [0.1, 0.15) is 5.82 Å². The summed E-state index contributed by atoms with van der Waals surface area (Å²) in [5.41, 5.74) is 15.5. The number of hydrogen-bond acceptors (Lipinski definition) is 3. The Morgan fingerprint density at radius 3 is 2.70 bits per heavy atom. The number of hydrogen-bond donors (Lipinski definition) is 2. The van der Waals surface area contributed by atoms with E-state index in [9.17, 15) is 0 Å². The minimum atomic E-state index is 0.670. The third kappa shape index (κ3) is 2.26. The highest BCUT2D eigenvalue weighted by molar-refractivity contribution is 5.81. The minimum Gasteiger partial charge on any atom is -0.399 e. The van der Waals surface area contributed by atoms with E-state index in [0.717, 1.165) is 41.1 Å². The van der Waals surface area contributed by atoms with E-state index in [1.165, 1.54) is 0 Å². The monoisotopic (exact) mass is 266 g/mol. The standard InChI is InChI=1S/C16H18N4/c17-9-4-10-20-15-8-2-1-7-14(15)19-16(20)12-5-3-6-13(18)11-12/h1-3,5-8,11H,4,9-10,17-18H2. The molecule has 2 aromatic carbocycles. The maximum absolute atomic E-state index is 5.88. The van der Waals surface area contributed by atoms with Crippen LogP contribution in [0.3, 0.4) is 0 Å². The summed E-state index contributed by atoms with van der Waals surface area (Å²) < 4.78 is 2.22. The Morgan fingerprint density at radius 2 is 1.90 bits per heavy atom. The van der Waals surface area contributed by atoms with Gasteiger partial charge in [0, 0.05) is 17.8 Å². The van der Waals surface area contributed by atoms with Gasteiger partial charge < -0.3 is 16.0 Å². The Hall–Kier alpha value is -2.33. The van der Waals surface area contributed by atoms with Crippen LogP contribution in [0.4, 0.5) is 5.69 Å². The summed E-state index contributed by atoms with van der Waals surface area (Å²) in [6, 6.07) is 16.0. The zero-order valence-electron chi connectivity index (χ0n) is 11.3. The van der Waals surface area contributed by atoms with Gasteiger partial charge in [0.25, 0.3) is 0 Å². The lowest BCUT2D eigenvalue weighted by Gasteiger charge is -2.09. The average molecular weight is 266 g/mol. The lowest BCUT2D eigenvalue weighted by atomic mass is 10.2. The molecule has 0 saturated heterocycles. The number of nitrogens with two attached hydrogens (primary N) is 2. The number of benzene rings is 2. The molecule has 0 aliphatic rings. The van der Waals surface area contributed by atoms with Gasteiger partial charge in [-0.05, 0) is 37.2 Å². The van der Waals surface area contributed by atoms with Crippen molar-refractivity contribution in [2.45, 2.75) is 13.0 Å². The second kappa shape index (κ2) is 5.35. The minimum absolute atomic E-state index is 0.670. The van der Waals surface area contributed by atoms with Gasteiger partial charge in [0.05, 0.1) is 11.0 Å². The molecule has 0 fully saturated rings. The predicted octanol–water partition coefficient (Wildman–Crippen LogP) is 2.63. The third-order valence-corrected chi connectivity index (χ3v) is 3.39. The molecule has 0 aliphatic carbocycles. The van der Waals surface area contributed by atoms with E-state index < -0.39 is 0 Å². The van der Waals surface area contributed by atoms with Crippen molar-refractivity contribution in [2.75, 3.05) is 12.3 Å². The first-order valence-corrected chi connectivity index (χ1v) is 6.81. The number of para-hydroxylation sites is 2. The van der Waals surface area contributed by atoms with Crippen molar-refractivity contribution in [1.82, 2.24) is 9.55 Å². The molecule has 3 rings (SSSR count). The van der Waals surface area contributed by atoms with E-state index in [1.54, 1.807) is 0 Å². The second-order valence-corrected chi connectivity index (χ2v) is 4.84. The van der Waals surface area contributed by atoms with Crippen molar-refractivity contribution in [3.8, 4) is 11.4 Å². The normalized spacial score (nSPS) is 11.1. The van der Waals surface area contributed by atoms with Gasteiger partial charge in [0.2, 0.25) is 0 Å². The molecule has 4 nitrogen and oxygen atoms in total. The van der Waals surface area contributed by atoms with Gasteiger partial charge in [-0.15, -0.1) is 0 Å². The van der Waals surface area contributed by atoms with Crippen LogP contribution in [0, 0.1) is 0 Å². The van der Waals surface area contributed by atoms with Crippen molar-refractivity contribution in [3.63, 3.8) is 0 Å². The van der Waals surface area contributed by atoms with Crippen LogP contribution in [0.5, 0.6) is 0 Å². The van der Waals surface area contributed by atoms with Crippen LogP contribution in [-0.4, -0.2) is 16.1 Å². The molecule has 0 unspecified atom stereocenters. The molecule has 0 aliphatic heterocycles. The van der Waals surface area contributed by atoms with Crippen LogP contribution >= 0.6 is 0 Å². The Bertz CT molecular complexity index is 730. The summed E-state index contributed by atoms with van der Waals surface area (Å²) in [5, 5.41) is 0. The predicted molar refractivity (Wildman–Crippen MR) is 83.3 cm³/mol. The molecule has 0 radical (unpaired) electrons. The molecule has 1 aromatic heterocycles. The van der Waals surface area contributed by atoms with E-state index in [2.05, 4.69) is 10.6 Å². The molecule has 0 spiro atoms. The van der Waals surface area contributed by atoms with Gasteiger partial charge in [-0.3, -0.25) is 0 Å². The van der Waals surface area contributed by atoms with Crippen LogP contribution in [-0.2, 0) is 6.54 Å². The SMILES string of the molecule is NCCCn1c(-c2cccc(N)c2)nc2ccccc21. The highest BCUT2D eigenvalue weighted by atomic mass is 15.1. The zero-order valence-corrected chi connectivity index (χ0v) is 11.3. The molecule has 4 N–H and O–H groups in total. The summed E-state index contributed by atoms with van der Waals surface area (Å²) in [6.45, 7) is 1.53. The van der Waals surface area contributed by atoms with Crippen molar-refractivity contribution in [1.29, 1.82) is 0 Å². The summed E-state index contributed by atoms with van der Waals surface area (Å²) in [4.78, 5) is 4.74. The van der Waals surface area contributed by atoms with E-state index >= 15 is 0 Å². The van der Waals surface area contributed by atoms with E-state index in [1.807, 2.05) is 42.5 Å². The molecular formula is C16H18N4. The first kappa shape index (κ1) is 12.7. The molecule has 0 bridgehead atoms. The molecule has 0 saturated carbocycles. The molecule has 0 amide bonds. The van der Waals surface area contributed by atoms with Crippen LogP contribution in [0.25, 0.3) is 22.4 Å². The molecular weight excluding hydrogens is 248 g/mol. The number of nitrogen functional groups attached to an aromatic ring is 1. The van der Waals surface area contributed by atoms with Crippen molar-refractivity contribution >= 4 is 16.7 Å². The molecule has 3 aromatic rings. The first-order chi connectivity index (χ1) is 9.79. The highest BCUT2D eigenvalue weighted by Gasteiger charge is 2.11. The number of aromatic nitrogens is 2. The van der Waals surface area contributed by atoms with E-state index in [-0.39, 0.29) is 0 Å². The number of imidazole rings is 1. The molecule has 4 heteroatoms. The quantitative estimate of drug-likeness (QED) is 0.713. The largest absolute Gasteiger partial charge is 0.399 e. The Labute approximate surface area is 118 Å². The fraction of sp³-hybridized carbons (Fsp3) is 0.188. The van der Waals surface area contributed by atoms with Crippen LogP contribution in [0.2, 0.25) is 0 Å². The molecule has 20 heavy (non-hydrogen) atoms. The third-order valence-electron chi connectivity index (χ3n) is 3.39. The van der Waals surface area contributed by atoms with Crippen LogP contribution in [0.1, 0.15) is 6.42 Å². The lowest BCUT2D eigenvalue weighted by Crippen LogP contribution is -2.07. The molecule has 0 atom stereocenters. The van der Waals surface area contributed by atoms with E-state index in [0.29, 0.717) is 6.54 Å². The van der Waals surface area contributed by atoms with Gasteiger partial charge >= 0.3 is 0 Å². The average Bonchev–Trinajstić information content (AvgIpc) is 2.84. The van der Waals surface area contributed by atoms with Crippen LogP contribution < -0.4 is 11.5 Å². The van der Waals surface area contributed by atoms with Crippen molar-refractivity contribution in [2.24, 2.45) is 5.73 Å². The fourth-order valence-corrected chi connectivity index (χ4v) is 2.45. The maximum atomic E-state index is 5.88. The number of fused-ring (bicyclic) bond motifs is 1. The van der Waals surface area contributed by atoms with Gasteiger partial charge in [-0.1, -0.05) is 24.3 Å². The Balaban J connectivity index is 2.18. The number of nitrogens with zero attached hydrogens (tertiary/aromatic N) is 2. The summed E-state index contributed by atoms with van der Waals surface area (Å²) >= 11 is 0. The van der Waals surface area contributed by atoms with Crippen molar-refractivity contribution in [3.05, 3.63) is 48.5 Å². The van der Waals surface area contributed by atoms with Gasteiger partial charge in [-0.2, -0.15) is 0 Å². The van der Waals surface area contributed by atoms with Crippen molar-refractivity contribution < 1.29 is 0 Å². The molecule has 1 heterocycles. The highest BCUT2D eigenvalue weighted by Crippen LogP contribution is 2.26. The van der Waals surface area contributed by atoms with Crippen LogP contribution in [0.15, 0.2) is 48.5 Å². The Kier molecular flexibility index (Phi) is 3.39. The summed E-state index contributed by atoms with van der Waals surface area (Å²) in [7, 11) is 0. The second-order valence-electron chi connectivity index (χ2n) is 4.84. The Morgan fingerprint density at radius 1 is 1.05 bits per heavy atom. The van der Waals surface area contributed by atoms with Gasteiger partial charge in [-0.25, -0.2) is 4.98 Å². The number of anilines is 1. The first-order valence-electron chi connectivity index (χ1n) is 6.81. The topological polar surface area (TPSA) is 69.9 Å². The number of aryl methyl sites for hydroxylation is 1. The summed E-state index contributed by atoms with van der Waals surface area (Å²) in [5.74, 6) is 0.951. The van der Waals surface area contributed by atoms with Gasteiger partial charge in [0.15, 0.2) is 0 Å². The lowest BCUT2D eigenvalue weighted by molar-refractivity contribution is 0.671. The maximum Gasteiger partial charge on any atom is 0.141 e.